The fourth-order valence-electron chi connectivity index (χ4n) is 5.43. The van der Waals surface area contributed by atoms with Crippen LogP contribution in [0.4, 0.5) is 17.6 Å². The van der Waals surface area contributed by atoms with Crippen LogP contribution in [0.2, 0.25) is 0 Å². The zero-order valence-corrected chi connectivity index (χ0v) is 17.3. The standard InChI is InChI=1S/C25H34F4/c26-23-16-15-22(17-24(23)27)21-13-11-20(12-14-21)19-9-7-18(8-10-19)5-3-1-2-4-6-25(28)29/h1-2,15-21,25H,3-14H2/t18-,19-,20-,21-. The molecular formula is C25H34F4. The molecule has 0 heterocycles. The summed E-state index contributed by atoms with van der Waals surface area (Å²) in [6.07, 6.45) is 14.2. The molecule has 2 saturated carbocycles. The highest BCUT2D eigenvalue weighted by Crippen LogP contribution is 2.44. The summed E-state index contributed by atoms with van der Waals surface area (Å²) in [7, 11) is 0. The van der Waals surface area contributed by atoms with Crippen LogP contribution in [0.5, 0.6) is 0 Å². The van der Waals surface area contributed by atoms with Crippen molar-refractivity contribution in [1.29, 1.82) is 0 Å². The van der Waals surface area contributed by atoms with Crippen LogP contribution in [-0.4, -0.2) is 6.43 Å². The Morgan fingerprint density at radius 3 is 2.03 bits per heavy atom. The number of allylic oxidation sites excluding steroid dienone is 2. The van der Waals surface area contributed by atoms with E-state index in [-0.39, 0.29) is 6.42 Å². The van der Waals surface area contributed by atoms with Gasteiger partial charge in [0.05, 0.1) is 0 Å². The third-order valence-electron chi connectivity index (χ3n) is 7.20. The van der Waals surface area contributed by atoms with E-state index in [2.05, 4.69) is 6.08 Å². The Balaban J connectivity index is 1.34. The fourth-order valence-corrected chi connectivity index (χ4v) is 5.43. The average Bonchev–Trinajstić information content (AvgIpc) is 2.73. The maximum atomic E-state index is 13.5. The fraction of sp³-hybridized carbons (Fsp3) is 0.680. The highest BCUT2D eigenvalue weighted by molar-refractivity contribution is 5.22. The molecule has 0 radical (unpaired) electrons. The number of hydrogen-bond acceptors (Lipinski definition) is 0. The third kappa shape index (κ3) is 6.86. The van der Waals surface area contributed by atoms with Gasteiger partial charge in [0.2, 0.25) is 6.43 Å². The Hall–Kier alpha value is -1.32. The molecule has 162 valence electrons. The van der Waals surface area contributed by atoms with Crippen LogP contribution >= 0.6 is 0 Å². The quantitative estimate of drug-likeness (QED) is 0.298. The molecule has 2 aliphatic carbocycles. The monoisotopic (exact) mass is 410 g/mol. The third-order valence-corrected chi connectivity index (χ3v) is 7.20. The van der Waals surface area contributed by atoms with Crippen molar-refractivity contribution >= 4 is 0 Å². The van der Waals surface area contributed by atoms with Crippen LogP contribution in [0.15, 0.2) is 30.4 Å². The molecule has 0 spiro atoms. The van der Waals surface area contributed by atoms with Gasteiger partial charge in [-0.2, -0.15) is 0 Å². The number of benzene rings is 1. The lowest BCUT2D eigenvalue weighted by Gasteiger charge is -2.38. The topological polar surface area (TPSA) is 0 Å². The summed E-state index contributed by atoms with van der Waals surface area (Å²) in [6, 6.07) is 4.39. The van der Waals surface area contributed by atoms with Crippen molar-refractivity contribution in [2.24, 2.45) is 17.8 Å². The molecular weight excluding hydrogens is 376 g/mol. The molecule has 0 bridgehead atoms. The molecule has 0 amide bonds. The molecule has 0 atom stereocenters. The molecule has 29 heavy (non-hydrogen) atoms. The minimum atomic E-state index is -2.19. The van der Waals surface area contributed by atoms with E-state index < -0.39 is 18.1 Å². The number of rotatable bonds is 8. The summed E-state index contributed by atoms with van der Waals surface area (Å²) < 4.78 is 50.9. The van der Waals surface area contributed by atoms with Crippen molar-refractivity contribution in [3.05, 3.63) is 47.5 Å². The van der Waals surface area contributed by atoms with Gasteiger partial charge < -0.3 is 0 Å². The van der Waals surface area contributed by atoms with Gasteiger partial charge in [0.25, 0.3) is 0 Å². The van der Waals surface area contributed by atoms with E-state index in [4.69, 9.17) is 0 Å². The number of halogens is 4. The summed E-state index contributed by atoms with van der Waals surface area (Å²) in [4.78, 5) is 0. The Labute approximate surface area is 172 Å². The molecule has 0 N–H and O–H groups in total. The first kappa shape index (κ1) is 22.4. The second kappa shape index (κ2) is 11.2. The molecule has 1 aromatic rings. The molecule has 3 rings (SSSR count). The molecule has 0 nitrogen and oxygen atoms in total. The van der Waals surface area contributed by atoms with Gasteiger partial charge in [-0.25, -0.2) is 17.6 Å². The van der Waals surface area contributed by atoms with Crippen LogP contribution in [0.25, 0.3) is 0 Å². The van der Waals surface area contributed by atoms with Crippen molar-refractivity contribution in [1.82, 2.24) is 0 Å². The van der Waals surface area contributed by atoms with Gasteiger partial charge in [-0.15, -0.1) is 0 Å². The predicted molar refractivity (Wildman–Crippen MR) is 110 cm³/mol. The lowest BCUT2D eigenvalue weighted by Crippen LogP contribution is -2.25. The van der Waals surface area contributed by atoms with Gasteiger partial charge in [0.15, 0.2) is 11.6 Å². The van der Waals surface area contributed by atoms with Gasteiger partial charge in [-0.3, -0.25) is 0 Å². The first-order chi connectivity index (χ1) is 14.0. The van der Waals surface area contributed by atoms with E-state index in [0.29, 0.717) is 12.3 Å². The van der Waals surface area contributed by atoms with E-state index in [0.717, 1.165) is 42.6 Å². The first-order valence-corrected chi connectivity index (χ1v) is 11.4. The van der Waals surface area contributed by atoms with Crippen molar-refractivity contribution in [2.75, 3.05) is 0 Å². The predicted octanol–water partition coefficient (Wildman–Crippen LogP) is 8.43. The molecule has 1 aromatic carbocycles. The number of alkyl halides is 2. The van der Waals surface area contributed by atoms with Gasteiger partial charge in [-0.1, -0.05) is 31.1 Å². The van der Waals surface area contributed by atoms with Gasteiger partial charge in [0, 0.05) is 6.42 Å². The summed E-state index contributed by atoms with van der Waals surface area (Å²) in [5, 5.41) is 0. The maximum absolute atomic E-state index is 13.5. The van der Waals surface area contributed by atoms with Crippen molar-refractivity contribution in [3.63, 3.8) is 0 Å². The zero-order chi connectivity index (χ0) is 20.6. The zero-order valence-electron chi connectivity index (χ0n) is 17.3. The van der Waals surface area contributed by atoms with Crippen LogP contribution in [-0.2, 0) is 0 Å². The Bertz CT molecular complexity index is 638. The number of hydrogen-bond donors (Lipinski definition) is 0. The summed E-state index contributed by atoms with van der Waals surface area (Å²) in [6.45, 7) is 0. The summed E-state index contributed by atoms with van der Waals surface area (Å²) in [5.74, 6) is 1.26. The lowest BCUT2D eigenvalue weighted by molar-refractivity contribution is 0.139. The van der Waals surface area contributed by atoms with E-state index >= 15 is 0 Å². The molecule has 0 aromatic heterocycles. The summed E-state index contributed by atoms with van der Waals surface area (Å²) in [5.41, 5.74) is 0.952. The molecule has 0 unspecified atom stereocenters. The molecule has 4 heteroatoms. The molecule has 2 aliphatic rings. The molecule has 2 fully saturated rings. The van der Waals surface area contributed by atoms with Gasteiger partial charge in [0.1, 0.15) is 0 Å². The highest BCUT2D eigenvalue weighted by Gasteiger charge is 2.31. The van der Waals surface area contributed by atoms with Crippen molar-refractivity contribution in [3.8, 4) is 0 Å². The van der Waals surface area contributed by atoms with Crippen LogP contribution in [0.1, 0.15) is 88.5 Å². The Kier molecular flexibility index (Phi) is 8.62. The van der Waals surface area contributed by atoms with Gasteiger partial charge >= 0.3 is 0 Å². The van der Waals surface area contributed by atoms with Crippen LogP contribution in [0, 0.1) is 29.4 Å². The SMILES string of the molecule is Fc1ccc([C@H]2CC[C@H]([C@H]3CC[C@H](CCC=CCCC(F)F)CC3)CC2)cc1F. The largest absolute Gasteiger partial charge is 0.238 e. The average molecular weight is 411 g/mol. The Morgan fingerprint density at radius 1 is 0.793 bits per heavy atom. The van der Waals surface area contributed by atoms with E-state index in [9.17, 15) is 17.6 Å². The van der Waals surface area contributed by atoms with Gasteiger partial charge in [-0.05, 0) is 99.2 Å². The van der Waals surface area contributed by atoms with E-state index in [1.165, 1.54) is 57.1 Å². The maximum Gasteiger partial charge on any atom is 0.238 e. The van der Waals surface area contributed by atoms with E-state index in [1.54, 1.807) is 6.07 Å². The van der Waals surface area contributed by atoms with E-state index in [1.807, 2.05) is 6.08 Å². The highest BCUT2D eigenvalue weighted by atomic mass is 19.3. The minimum absolute atomic E-state index is 0.0278. The van der Waals surface area contributed by atoms with Crippen molar-refractivity contribution in [2.45, 2.75) is 89.4 Å². The second-order valence-electron chi connectivity index (χ2n) is 9.08. The molecule has 0 saturated heterocycles. The minimum Gasteiger partial charge on any atom is -0.211 e. The first-order valence-electron chi connectivity index (χ1n) is 11.4. The normalized spacial score (nSPS) is 28.3. The smallest absolute Gasteiger partial charge is 0.211 e. The van der Waals surface area contributed by atoms with Crippen LogP contribution < -0.4 is 0 Å². The summed E-state index contributed by atoms with van der Waals surface area (Å²) >= 11 is 0. The Morgan fingerprint density at radius 2 is 1.41 bits per heavy atom. The second-order valence-corrected chi connectivity index (χ2v) is 9.08. The molecule has 0 aliphatic heterocycles. The van der Waals surface area contributed by atoms with Crippen LogP contribution in [0.3, 0.4) is 0 Å². The van der Waals surface area contributed by atoms with Crippen molar-refractivity contribution < 1.29 is 17.6 Å². The lowest BCUT2D eigenvalue weighted by atomic mass is 9.68.